The SMILES string of the molecule is CC/C=C\C/C=C\C/C=C\C/C=C\C/C=C\C/C=C\CCCCCCC(=O)OCC(O)COP(=O)(O)OCC(O)COP(=O)(O)OCC(COC(=O)CC/C=C\C/C=C\C/C=C\C/C=C\C/C=C\C/C=C\CC)OC(=O)CCCCCCCCCCCCCCC. The molecule has 4 N–H and O–H groups in total. The van der Waals surface area contributed by atoms with Crippen LogP contribution < -0.4 is 0 Å². The number of esters is 3. The van der Waals surface area contributed by atoms with E-state index in [-0.39, 0.29) is 19.3 Å². The van der Waals surface area contributed by atoms with Gasteiger partial charge in [-0.05, 0) is 109 Å². The molecule has 0 aliphatic rings. The second-order valence-corrected chi connectivity index (χ2v) is 25.1. The summed E-state index contributed by atoms with van der Waals surface area (Å²) >= 11 is 0. The number of phosphoric acid groups is 2. The molecule has 16 nitrogen and oxygen atoms in total. The van der Waals surface area contributed by atoms with E-state index in [9.17, 15) is 43.5 Å². The van der Waals surface area contributed by atoms with Crippen molar-refractivity contribution in [1.82, 2.24) is 0 Å². The first-order valence-electron chi connectivity index (χ1n) is 34.1. The Bertz CT molecular complexity index is 2240. The summed E-state index contributed by atoms with van der Waals surface area (Å²) in [5.74, 6) is -1.70. The normalized spacial score (nSPS) is 15.1. The van der Waals surface area contributed by atoms with Crippen molar-refractivity contribution < 1.29 is 75.8 Å². The van der Waals surface area contributed by atoms with E-state index in [0.717, 1.165) is 122 Å². The molecular formula is C73H120O16P2. The van der Waals surface area contributed by atoms with E-state index in [2.05, 4.69) is 148 Å². The zero-order valence-electron chi connectivity index (χ0n) is 56.0. The first kappa shape index (κ1) is 86.4. The van der Waals surface area contributed by atoms with Crippen LogP contribution in [0.15, 0.2) is 146 Å². The minimum atomic E-state index is -4.94. The van der Waals surface area contributed by atoms with E-state index < -0.39 is 91.5 Å². The van der Waals surface area contributed by atoms with Gasteiger partial charge in [-0.2, -0.15) is 0 Å². The topological polar surface area (TPSA) is 231 Å². The van der Waals surface area contributed by atoms with E-state index in [1.54, 1.807) is 0 Å². The van der Waals surface area contributed by atoms with Crippen molar-refractivity contribution in [1.29, 1.82) is 0 Å². The van der Waals surface area contributed by atoms with Crippen molar-refractivity contribution in [3.63, 3.8) is 0 Å². The fourth-order valence-electron chi connectivity index (χ4n) is 8.42. The highest BCUT2D eigenvalue weighted by Gasteiger charge is 2.29. The molecule has 0 saturated carbocycles. The molecule has 0 aliphatic carbocycles. The van der Waals surface area contributed by atoms with Crippen LogP contribution in [0.5, 0.6) is 0 Å². The van der Waals surface area contributed by atoms with Gasteiger partial charge in [0.15, 0.2) is 6.10 Å². The molecule has 5 unspecified atom stereocenters. The molecular weight excluding hydrogens is 1190 g/mol. The lowest BCUT2D eigenvalue weighted by atomic mass is 10.0. The van der Waals surface area contributed by atoms with Gasteiger partial charge in [-0.15, -0.1) is 0 Å². The predicted octanol–water partition coefficient (Wildman–Crippen LogP) is 19.0. The second kappa shape index (κ2) is 65.5. The van der Waals surface area contributed by atoms with Crippen LogP contribution in [-0.4, -0.2) is 95.9 Å². The van der Waals surface area contributed by atoms with Gasteiger partial charge in [-0.1, -0.05) is 256 Å². The molecule has 518 valence electrons. The Morgan fingerprint density at radius 2 is 0.604 bits per heavy atom. The molecule has 0 heterocycles. The van der Waals surface area contributed by atoms with Crippen molar-refractivity contribution in [2.24, 2.45) is 0 Å². The molecule has 91 heavy (non-hydrogen) atoms. The molecule has 0 spiro atoms. The van der Waals surface area contributed by atoms with Crippen LogP contribution in [0.3, 0.4) is 0 Å². The van der Waals surface area contributed by atoms with Crippen molar-refractivity contribution in [2.45, 2.75) is 257 Å². The molecule has 18 heteroatoms. The molecule has 0 aromatic rings. The monoisotopic (exact) mass is 1310 g/mol. The van der Waals surface area contributed by atoms with Crippen LogP contribution in [0.2, 0.25) is 0 Å². The Morgan fingerprint density at radius 3 is 0.989 bits per heavy atom. The highest BCUT2D eigenvalue weighted by atomic mass is 31.2. The number of unbranched alkanes of at least 4 members (excludes halogenated alkanes) is 16. The van der Waals surface area contributed by atoms with E-state index in [1.165, 1.54) is 51.4 Å². The Morgan fingerprint density at radius 1 is 0.319 bits per heavy atom. The summed E-state index contributed by atoms with van der Waals surface area (Å²) in [5, 5.41) is 20.5. The maximum absolute atomic E-state index is 12.9. The molecule has 0 rings (SSSR count). The lowest BCUT2D eigenvalue weighted by molar-refractivity contribution is -0.161. The minimum absolute atomic E-state index is 0.0422. The third-order valence-electron chi connectivity index (χ3n) is 13.6. The maximum atomic E-state index is 12.9. The van der Waals surface area contributed by atoms with Gasteiger partial charge >= 0.3 is 33.6 Å². The average molecular weight is 1320 g/mol. The van der Waals surface area contributed by atoms with Gasteiger partial charge < -0.3 is 34.2 Å². The quantitative estimate of drug-likeness (QED) is 0.0146. The molecule has 0 radical (unpaired) electrons. The Hall–Kier alpha value is -4.57. The van der Waals surface area contributed by atoms with Gasteiger partial charge in [0.2, 0.25) is 0 Å². The number of phosphoric ester groups is 2. The fourth-order valence-corrected chi connectivity index (χ4v) is 10.0. The van der Waals surface area contributed by atoms with Crippen molar-refractivity contribution in [2.75, 3.05) is 39.6 Å². The van der Waals surface area contributed by atoms with Crippen molar-refractivity contribution in [3.05, 3.63) is 146 Å². The van der Waals surface area contributed by atoms with E-state index in [1.807, 2.05) is 18.2 Å². The molecule has 0 aliphatic heterocycles. The first-order chi connectivity index (χ1) is 44.2. The number of rotatable bonds is 63. The number of carbonyl (C=O) groups is 3. The molecule has 0 saturated heterocycles. The molecule has 0 aromatic heterocycles. The van der Waals surface area contributed by atoms with Gasteiger partial charge in [0.25, 0.3) is 0 Å². The molecule has 0 fully saturated rings. The number of hydrogen-bond acceptors (Lipinski definition) is 14. The number of carbonyl (C=O) groups excluding carboxylic acids is 3. The average Bonchev–Trinajstić information content (AvgIpc) is 3.74. The number of ether oxygens (including phenoxy) is 3. The second-order valence-electron chi connectivity index (χ2n) is 22.2. The number of aliphatic hydroxyl groups is 2. The smallest absolute Gasteiger partial charge is 0.463 e. The van der Waals surface area contributed by atoms with Gasteiger partial charge in [-0.3, -0.25) is 32.5 Å². The van der Waals surface area contributed by atoms with Crippen molar-refractivity contribution >= 4 is 33.6 Å². The standard InChI is InChI=1S/C73H120O16P2/c1-4-7-10-13-16-19-22-25-27-29-31-32-33-34-36-38-39-42-44-47-50-53-56-59-71(76)83-62-68(74)63-85-90(79,80)86-64-69(75)65-87-91(81,82)88-67-70(89-73(78)61-58-55-52-49-46-41-24-21-18-15-12-9-6-3)66-84-72(77)60-57-54-51-48-45-43-40-37-35-30-28-26-23-20-17-14-11-8-5-2/h7-8,10-11,16-17,19-20,25-28,31-32,34-37,39,42-43,45,51,54,68-70,74-75H,4-6,9,12-15,18,21-24,29-30,33,38,40-41,44,46-50,52-53,55-67H2,1-3H3,(H,79,80)(H,81,82)/b10-7-,11-8-,19-16-,20-17-,27-25-,28-26-,32-31-,36-34-,37-35-,42-39-,45-43-,54-51-. The summed E-state index contributed by atoms with van der Waals surface area (Å²) in [7, 11) is -9.81. The zero-order valence-corrected chi connectivity index (χ0v) is 57.7. The summed E-state index contributed by atoms with van der Waals surface area (Å²) < 4.78 is 60.7. The number of hydrogen-bond donors (Lipinski definition) is 4. The Kier molecular flexibility index (Phi) is 62.2. The third-order valence-corrected chi connectivity index (χ3v) is 15.5. The first-order valence-corrected chi connectivity index (χ1v) is 37.1. The Balaban J connectivity index is 4.71. The largest absolute Gasteiger partial charge is 0.472 e. The van der Waals surface area contributed by atoms with Crippen LogP contribution in [0.1, 0.15) is 239 Å². The summed E-state index contributed by atoms with van der Waals surface area (Å²) in [6.45, 7) is 2.30. The third kappa shape index (κ3) is 66.7. The van der Waals surface area contributed by atoms with Crippen LogP contribution in [-0.2, 0) is 55.8 Å². The van der Waals surface area contributed by atoms with Gasteiger partial charge in [0.1, 0.15) is 25.4 Å². The molecule has 0 amide bonds. The van der Waals surface area contributed by atoms with E-state index in [4.69, 9.17) is 32.3 Å². The fraction of sp³-hybridized carbons (Fsp3) is 0.630. The molecule has 5 atom stereocenters. The molecule has 0 bridgehead atoms. The van der Waals surface area contributed by atoms with Gasteiger partial charge in [0, 0.05) is 19.3 Å². The zero-order chi connectivity index (χ0) is 66.7. The van der Waals surface area contributed by atoms with Crippen molar-refractivity contribution in [3.8, 4) is 0 Å². The predicted molar refractivity (Wildman–Crippen MR) is 371 cm³/mol. The van der Waals surface area contributed by atoms with Crippen LogP contribution >= 0.6 is 15.6 Å². The van der Waals surface area contributed by atoms with E-state index in [0.29, 0.717) is 25.7 Å². The lowest BCUT2D eigenvalue weighted by Crippen LogP contribution is -2.30. The van der Waals surface area contributed by atoms with Gasteiger partial charge in [0.05, 0.1) is 26.4 Å². The summed E-state index contributed by atoms with van der Waals surface area (Å²) in [6, 6.07) is 0. The number of allylic oxidation sites excluding steroid dienone is 24. The summed E-state index contributed by atoms with van der Waals surface area (Å²) in [5.41, 5.74) is 0. The molecule has 0 aromatic carbocycles. The minimum Gasteiger partial charge on any atom is -0.463 e. The number of aliphatic hydroxyl groups excluding tert-OH is 2. The summed E-state index contributed by atoms with van der Waals surface area (Å²) in [6.07, 6.45) is 77.7. The highest BCUT2D eigenvalue weighted by molar-refractivity contribution is 7.47. The van der Waals surface area contributed by atoms with Crippen LogP contribution in [0.4, 0.5) is 0 Å². The van der Waals surface area contributed by atoms with Crippen LogP contribution in [0, 0.1) is 0 Å². The Labute approximate surface area is 549 Å². The van der Waals surface area contributed by atoms with Gasteiger partial charge in [-0.25, -0.2) is 9.13 Å². The summed E-state index contributed by atoms with van der Waals surface area (Å²) in [4.78, 5) is 58.3. The lowest BCUT2D eigenvalue weighted by Gasteiger charge is -2.21. The highest BCUT2D eigenvalue weighted by Crippen LogP contribution is 2.45. The maximum Gasteiger partial charge on any atom is 0.472 e. The van der Waals surface area contributed by atoms with Crippen LogP contribution in [0.25, 0.3) is 0 Å². The van der Waals surface area contributed by atoms with E-state index >= 15 is 0 Å².